The highest BCUT2D eigenvalue weighted by molar-refractivity contribution is 6.09. The van der Waals surface area contributed by atoms with Crippen molar-refractivity contribution >= 4 is 27.4 Å². The van der Waals surface area contributed by atoms with Gasteiger partial charge in [0.1, 0.15) is 6.54 Å². The quantitative estimate of drug-likeness (QED) is 0.320. The van der Waals surface area contributed by atoms with E-state index in [0.29, 0.717) is 0 Å². The number of aromatic nitrogens is 1. The zero-order valence-corrected chi connectivity index (χ0v) is 14.1. The molecule has 0 aliphatic heterocycles. The van der Waals surface area contributed by atoms with Crippen LogP contribution in [-0.4, -0.2) is 0 Å². The van der Waals surface area contributed by atoms with Crippen LogP contribution in [0.25, 0.3) is 32.9 Å². The summed E-state index contributed by atoms with van der Waals surface area (Å²) in [6, 6.07) is 23.5. The van der Waals surface area contributed by atoms with Gasteiger partial charge in [-0.2, -0.15) is 4.57 Å². The van der Waals surface area contributed by atoms with Crippen LogP contribution in [0.1, 0.15) is 12.5 Å². The van der Waals surface area contributed by atoms with E-state index in [2.05, 4.69) is 79.1 Å². The maximum Gasteiger partial charge on any atom is 0.220 e. The predicted octanol–water partition coefficient (Wildman–Crippen LogP) is 4.86. The third-order valence-electron chi connectivity index (χ3n) is 4.67. The average Bonchev–Trinajstić information content (AvgIpc) is 2.61. The van der Waals surface area contributed by atoms with Gasteiger partial charge in [-0.05, 0) is 44.2 Å². The molecule has 118 valence electrons. The summed E-state index contributed by atoms with van der Waals surface area (Å²) < 4.78 is 2.38. The summed E-state index contributed by atoms with van der Waals surface area (Å²) in [5, 5.41) is 3.82. The molecule has 3 aromatic carbocycles. The summed E-state index contributed by atoms with van der Waals surface area (Å²) in [6.07, 6.45) is 0. The molecule has 24 heavy (non-hydrogen) atoms. The van der Waals surface area contributed by atoms with Crippen LogP contribution in [-0.2, 0) is 6.54 Å². The van der Waals surface area contributed by atoms with E-state index < -0.39 is 0 Å². The normalized spacial score (nSPS) is 11.2. The number of hydrogen-bond donors (Lipinski definition) is 1. The Hall–Kier alpha value is -2.87. The molecule has 0 aliphatic rings. The Balaban J connectivity index is 2.27. The lowest BCUT2D eigenvalue weighted by molar-refractivity contribution is -0.655. The van der Waals surface area contributed by atoms with E-state index in [1.807, 2.05) is 6.07 Å². The van der Waals surface area contributed by atoms with E-state index in [1.165, 1.54) is 38.5 Å². The number of aryl methyl sites for hydroxylation is 2. The van der Waals surface area contributed by atoms with Crippen molar-refractivity contribution in [3.8, 4) is 11.3 Å². The molecular weight excluding hydrogens is 292 g/mol. The summed E-state index contributed by atoms with van der Waals surface area (Å²) in [7, 11) is 0. The third-order valence-corrected chi connectivity index (χ3v) is 4.67. The Labute approximate surface area is 142 Å². The molecule has 0 unspecified atom stereocenters. The van der Waals surface area contributed by atoms with Crippen LogP contribution in [0, 0.1) is 6.92 Å². The van der Waals surface area contributed by atoms with E-state index in [-0.39, 0.29) is 0 Å². The molecule has 0 spiro atoms. The second-order valence-electron chi connectivity index (χ2n) is 6.28. The van der Waals surface area contributed by atoms with Crippen LogP contribution in [0.5, 0.6) is 0 Å². The number of fused-ring (bicyclic) bond motifs is 3. The first-order chi connectivity index (χ1) is 11.7. The SMILES string of the molecule is CC[n+]1c(-c2ccccc2)c2cc(C)ccc2c2ccc(N)cc21. The second kappa shape index (κ2) is 5.64. The summed E-state index contributed by atoms with van der Waals surface area (Å²) in [6.45, 7) is 5.24. The Morgan fingerprint density at radius 3 is 2.33 bits per heavy atom. The first kappa shape index (κ1) is 14.7. The van der Waals surface area contributed by atoms with Gasteiger partial charge in [0.15, 0.2) is 0 Å². The molecule has 0 fully saturated rings. The fourth-order valence-electron chi connectivity index (χ4n) is 3.59. The standard InChI is InChI=1S/C22H20N2/c1-3-24-21-14-17(23)10-12-19(21)18-11-9-15(2)13-20(18)22(24)16-7-5-4-6-8-16/h4-14,23H,3H2,1-2H3/p+1. The van der Waals surface area contributed by atoms with Crippen molar-refractivity contribution in [2.24, 2.45) is 0 Å². The van der Waals surface area contributed by atoms with Gasteiger partial charge >= 0.3 is 0 Å². The van der Waals surface area contributed by atoms with Crippen LogP contribution in [0.15, 0.2) is 66.7 Å². The van der Waals surface area contributed by atoms with E-state index in [1.54, 1.807) is 0 Å². The van der Waals surface area contributed by atoms with Crippen LogP contribution in [0.3, 0.4) is 0 Å². The van der Waals surface area contributed by atoms with E-state index in [9.17, 15) is 0 Å². The second-order valence-corrected chi connectivity index (χ2v) is 6.28. The molecule has 0 amide bonds. The van der Waals surface area contributed by atoms with Crippen molar-refractivity contribution in [3.63, 3.8) is 0 Å². The number of rotatable bonds is 2. The lowest BCUT2D eigenvalue weighted by Gasteiger charge is -2.12. The lowest BCUT2D eigenvalue weighted by Crippen LogP contribution is -2.36. The van der Waals surface area contributed by atoms with Crippen LogP contribution >= 0.6 is 0 Å². The van der Waals surface area contributed by atoms with Gasteiger partial charge in [0, 0.05) is 22.7 Å². The molecule has 2 N–H and O–H groups in total. The molecule has 0 aliphatic carbocycles. The third kappa shape index (κ3) is 2.23. The Morgan fingerprint density at radius 2 is 1.58 bits per heavy atom. The summed E-state index contributed by atoms with van der Waals surface area (Å²) >= 11 is 0. The lowest BCUT2D eigenvalue weighted by atomic mass is 9.97. The molecule has 4 rings (SSSR count). The first-order valence-corrected chi connectivity index (χ1v) is 8.40. The molecule has 1 heterocycles. The van der Waals surface area contributed by atoms with Gasteiger partial charge < -0.3 is 5.73 Å². The number of pyridine rings is 1. The first-order valence-electron chi connectivity index (χ1n) is 8.40. The highest BCUT2D eigenvalue weighted by atomic mass is 15.0. The van der Waals surface area contributed by atoms with Gasteiger partial charge in [0.25, 0.3) is 0 Å². The number of benzene rings is 3. The fourth-order valence-corrected chi connectivity index (χ4v) is 3.59. The van der Waals surface area contributed by atoms with Crippen LogP contribution in [0.4, 0.5) is 5.69 Å². The molecule has 0 bridgehead atoms. The molecular formula is C22H21N2+. The molecule has 0 saturated heterocycles. The number of nitrogens with zero attached hydrogens (tertiary/aromatic N) is 1. The number of anilines is 1. The van der Waals surface area contributed by atoms with Gasteiger partial charge in [-0.25, -0.2) is 0 Å². The van der Waals surface area contributed by atoms with Crippen molar-refractivity contribution in [2.75, 3.05) is 5.73 Å². The molecule has 1 aromatic heterocycles. The summed E-state index contributed by atoms with van der Waals surface area (Å²) in [5.74, 6) is 0. The highest BCUT2D eigenvalue weighted by Gasteiger charge is 2.22. The van der Waals surface area contributed by atoms with Gasteiger partial charge in [-0.3, -0.25) is 0 Å². The van der Waals surface area contributed by atoms with Crippen molar-refractivity contribution in [1.82, 2.24) is 0 Å². The van der Waals surface area contributed by atoms with Crippen LogP contribution < -0.4 is 10.3 Å². The zero-order valence-electron chi connectivity index (χ0n) is 14.1. The zero-order chi connectivity index (χ0) is 16.7. The van der Waals surface area contributed by atoms with Crippen molar-refractivity contribution in [3.05, 3.63) is 72.3 Å². The smallest absolute Gasteiger partial charge is 0.220 e. The molecule has 0 saturated carbocycles. The molecule has 4 aromatic rings. The monoisotopic (exact) mass is 313 g/mol. The van der Waals surface area contributed by atoms with Gasteiger partial charge in [-0.1, -0.05) is 35.9 Å². The van der Waals surface area contributed by atoms with Gasteiger partial charge in [0.05, 0.1) is 10.8 Å². The number of nitrogens with two attached hydrogens (primary N) is 1. The van der Waals surface area contributed by atoms with E-state index in [0.717, 1.165) is 12.2 Å². The Bertz CT molecular complexity index is 1050. The minimum atomic E-state index is 0.801. The fraction of sp³-hybridized carbons (Fsp3) is 0.136. The molecule has 2 heteroatoms. The maximum atomic E-state index is 6.09. The van der Waals surface area contributed by atoms with Crippen LogP contribution in [0.2, 0.25) is 0 Å². The van der Waals surface area contributed by atoms with Gasteiger partial charge in [0.2, 0.25) is 11.2 Å². The Morgan fingerprint density at radius 1 is 0.833 bits per heavy atom. The van der Waals surface area contributed by atoms with E-state index in [4.69, 9.17) is 5.73 Å². The molecule has 2 nitrogen and oxygen atoms in total. The van der Waals surface area contributed by atoms with Gasteiger partial charge in [-0.15, -0.1) is 0 Å². The van der Waals surface area contributed by atoms with E-state index >= 15 is 0 Å². The minimum absolute atomic E-state index is 0.801. The predicted molar refractivity (Wildman–Crippen MR) is 102 cm³/mol. The molecule has 0 radical (unpaired) electrons. The number of nitrogen functional groups attached to an aromatic ring is 1. The highest BCUT2D eigenvalue weighted by Crippen LogP contribution is 2.32. The summed E-state index contributed by atoms with van der Waals surface area (Å²) in [5.41, 5.74) is 11.8. The molecule has 0 atom stereocenters. The van der Waals surface area contributed by atoms with Crippen molar-refractivity contribution < 1.29 is 4.57 Å². The van der Waals surface area contributed by atoms with Crippen molar-refractivity contribution in [1.29, 1.82) is 0 Å². The Kier molecular flexibility index (Phi) is 3.46. The average molecular weight is 313 g/mol. The largest absolute Gasteiger partial charge is 0.399 e. The minimum Gasteiger partial charge on any atom is -0.399 e. The number of hydrogen-bond acceptors (Lipinski definition) is 1. The topological polar surface area (TPSA) is 29.9 Å². The van der Waals surface area contributed by atoms with Crippen molar-refractivity contribution in [2.45, 2.75) is 20.4 Å². The maximum absolute atomic E-state index is 6.09. The summed E-state index contributed by atoms with van der Waals surface area (Å²) in [4.78, 5) is 0.